The van der Waals surface area contributed by atoms with Crippen LogP contribution < -0.4 is 10.5 Å². The van der Waals surface area contributed by atoms with Crippen LogP contribution in [0.5, 0.6) is 0 Å². The SMILES string of the molecule is Cc1cnc(NS(=O)(=O)c2cccc(C(C)N)c2)s1. The third-order valence-corrected chi connectivity index (χ3v) is 4.83. The predicted molar refractivity (Wildman–Crippen MR) is 76.7 cm³/mol. The van der Waals surface area contributed by atoms with Crippen LogP contribution in [0, 0.1) is 6.92 Å². The minimum Gasteiger partial charge on any atom is -0.324 e. The van der Waals surface area contributed by atoms with Crippen molar-refractivity contribution >= 4 is 26.5 Å². The van der Waals surface area contributed by atoms with E-state index in [1.165, 1.54) is 17.4 Å². The van der Waals surface area contributed by atoms with Crippen LogP contribution in [0.3, 0.4) is 0 Å². The fraction of sp³-hybridized carbons (Fsp3) is 0.250. The van der Waals surface area contributed by atoms with E-state index in [9.17, 15) is 8.42 Å². The van der Waals surface area contributed by atoms with Crippen LogP contribution in [0.2, 0.25) is 0 Å². The molecule has 1 heterocycles. The number of hydrogen-bond donors (Lipinski definition) is 2. The summed E-state index contributed by atoms with van der Waals surface area (Å²) in [4.78, 5) is 5.12. The van der Waals surface area contributed by atoms with Crippen LogP contribution in [0.4, 0.5) is 5.13 Å². The van der Waals surface area contributed by atoms with Crippen LogP contribution in [0.15, 0.2) is 35.4 Å². The molecule has 5 nitrogen and oxygen atoms in total. The number of rotatable bonds is 4. The molecule has 1 atom stereocenters. The van der Waals surface area contributed by atoms with Gasteiger partial charge in [0.2, 0.25) is 0 Å². The van der Waals surface area contributed by atoms with Crippen LogP contribution in [0.25, 0.3) is 0 Å². The summed E-state index contributed by atoms with van der Waals surface area (Å²) < 4.78 is 26.9. The summed E-state index contributed by atoms with van der Waals surface area (Å²) in [6, 6.07) is 6.39. The molecule has 0 aliphatic heterocycles. The molecule has 0 spiro atoms. The lowest BCUT2D eigenvalue weighted by Crippen LogP contribution is -2.14. The third-order valence-electron chi connectivity index (χ3n) is 2.54. The monoisotopic (exact) mass is 297 g/mol. The summed E-state index contributed by atoms with van der Waals surface area (Å²) >= 11 is 1.29. The Hall–Kier alpha value is -1.44. The topological polar surface area (TPSA) is 85.1 Å². The molecule has 0 aliphatic rings. The summed E-state index contributed by atoms with van der Waals surface area (Å²) in [5, 5.41) is 0.365. The van der Waals surface area contributed by atoms with Crippen LogP contribution in [-0.2, 0) is 10.0 Å². The fourth-order valence-electron chi connectivity index (χ4n) is 1.54. The van der Waals surface area contributed by atoms with E-state index in [1.807, 2.05) is 13.8 Å². The van der Waals surface area contributed by atoms with Gasteiger partial charge >= 0.3 is 0 Å². The zero-order valence-corrected chi connectivity index (χ0v) is 12.3. The molecule has 1 unspecified atom stereocenters. The third kappa shape index (κ3) is 3.31. The first-order valence-corrected chi connectivity index (χ1v) is 7.99. The highest BCUT2D eigenvalue weighted by molar-refractivity contribution is 7.93. The van der Waals surface area contributed by atoms with Crippen molar-refractivity contribution in [3.63, 3.8) is 0 Å². The molecule has 2 rings (SSSR count). The lowest BCUT2D eigenvalue weighted by atomic mass is 10.1. The Morgan fingerprint density at radius 1 is 1.42 bits per heavy atom. The highest BCUT2D eigenvalue weighted by atomic mass is 32.2. The van der Waals surface area contributed by atoms with Gasteiger partial charge in [0.1, 0.15) is 0 Å². The minimum atomic E-state index is -3.61. The Balaban J connectivity index is 2.31. The Bertz CT molecular complexity index is 678. The number of thiazole rings is 1. The van der Waals surface area contributed by atoms with Crippen LogP contribution >= 0.6 is 11.3 Å². The number of nitrogens with two attached hydrogens (primary N) is 1. The zero-order valence-electron chi connectivity index (χ0n) is 10.6. The largest absolute Gasteiger partial charge is 0.324 e. The molecule has 0 bridgehead atoms. The van der Waals surface area contributed by atoms with E-state index in [-0.39, 0.29) is 10.9 Å². The molecule has 0 saturated carbocycles. The van der Waals surface area contributed by atoms with E-state index in [4.69, 9.17) is 5.73 Å². The molecule has 2 aromatic rings. The number of aromatic nitrogens is 1. The van der Waals surface area contributed by atoms with Crippen molar-refractivity contribution in [2.75, 3.05) is 4.72 Å². The number of nitrogens with one attached hydrogen (secondary N) is 1. The molecule has 7 heteroatoms. The number of anilines is 1. The van der Waals surface area contributed by atoms with Crippen molar-refractivity contribution in [2.24, 2.45) is 5.73 Å². The number of benzene rings is 1. The van der Waals surface area contributed by atoms with E-state index in [1.54, 1.807) is 24.4 Å². The maximum Gasteiger partial charge on any atom is 0.263 e. The molecular formula is C12H15N3O2S2. The van der Waals surface area contributed by atoms with Gasteiger partial charge in [-0.25, -0.2) is 13.4 Å². The van der Waals surface area contributed by atoms with Gasteiger partial charge in [0.15, 0.2) is 5.13 Å². The Morgan fingerprint density at radius 3 is 2.74 bits per heavy atom. The van der Waals surface area contributed by atoms with Crippen molar-refractivity contribution in [1.29, 1.82) is 0 Å². The summed E-state index contributed by atoms with van der Waals surface area (Å²) in [7, 11) is -3.61. The highest BCUT2D eigenvalue weighted by Crippen LogP contribution is 2.22. The highest BCUT2D eigenvalue weighted by Gasteiger charge is 2.16. The number of nitrogens with zero attached hydrogens (tertiary/aromatic N) is 1. The zero-order chi connectivity index (χ0) is 14.0. The fourth-order valence-corrected chi connectivity index (χ4v) is 3.50. The van der Waals surface area contributed by atoms with Gasteiger partial charge < -0.3 is 5.73 Å². The average molecular weight is 297 g/mol. The number of aryl methyl sites for hydroxylation is 1. The predicted octanol–water partition coefficient (Wildman–Crippen LogP) is 2.27. The maximum absolute atomic E-state index is 12.2. The molecule has 1 aromatic carbocycles. The molecule has 102 valence electrons. The number of hydrogen-bond acceptors (Lipinski definition) is 5. The van der Waals surface area contributed by atoms with E-state index in [0.29, 0.717) is 5.13 Å². The standard InChI is InChI=1S/C12H15N3O2S2/c1-8-7-14-12(18-8)15-19(16,17)11-5-3-4-10(6-11)9(2)13/h3-7,9H,13H2,1-2H3,(H,14,15). The summed E-state index contributed by atoms with van der Waals surface area (Å²) in [5.74, 6) is 0. The van der Waals surface area contributed by atoms with Gasteiger partial charge in [-0.3, -0.25) is 4.72 Å². The molecule has 19 heavy (non-hydrogen) atoms. The van der Waals surface area contributed by atoms with Gasteiger partial charge in [-0.05, 0) is 31.5 Å². The van der Waals surface area contributed by atoms with Crippen molar-refractivity contribution in [2.45, 2.75) is 24.8 Å². The second-order valence-corrected chi connectivity index (χ2v) is 7.16. The van der Waals surface area contributed by atoms with Gasteiger partial charge in [-0.2, -0.15) is 0 Å². The summed E-state index contributed by atoms with van der Waals surface area (Å²) in [6.45, 7) is 3.68. The smallest absolute Gasteiger partial charge is 0.263 e. The first kappa shape index (κ1) is 14.0. The molecule has 0 radical (unpaired) electrons. The molecule has 1 aromatic heterocycles. The average Bonchev–Trinajstić information content (AvgIpc) is 2.74. The van der Waals surface area contributed by atoms with E-state index >= 15 is 0 Å². The lowest BCUT2D eigenvalue weighted by molar-refractivity contribution is 0.601. The van der Waals surface area contributed by atoms with Crippen molar-refractivity contribution in [3.05, 3.63) is 40.9 Å². The quantitative estimate of drug-likeness (QED) is 0.906. The normalized spacial score (nSPS) is 13.2. The Morgan fingerprint density at radius 2 is 2.16 bits per heavy atom. The first-order chi connectivity index (χ1) is 8.88. The Labute approximate surface area is 116 Å². The second kappa shape index (κ2) is 5.28. The van der Waals surface area contributed by atoms with Crippen molar-refractivity contribution in [3.8, 4) is 0 Å². The van der Waals surface area contributed by atoms with Gasteiger partial charge in [0, 0.05) is 17.1 Å². The molecule has 0 fully saturated rings. The summed E-state index contributed by atoms with van der Waals surface area (Å²) in [6.07, 6.45) is 1.63. The Kier molecular flexibility index (Phi) is 3.88. The minimum absolute atomic E-state index is 0.190. The van der Waals surface area contributed by atoms with E-state index < -0.39 is 10.0 Å². The van der Waals surface area contributed by atoms with E-state index in [0.717, 1.165) is 10.4 Å². The van der Waals surface area contributed by atoms with Crippen LogP contribution in [0.1, 0.15) is 23.4 Å². The van der Waals surface area contributed by atoms with Gasteiger partial charge in [-0.1, -0.05) is 12.1 Å². The molecule has 0 amide bonds. The number of sulfonamides is 1. The van der Waals surface area contributed by atoms with Gasteiger partial charge in [0.25, 0.3) is 10.0 Å². The van der Waals surface area contributed by atoms with Gasteiger partial charge in [-0.15, -0.1) is 11.3 Å². The first-order valence-electron chi connectivity index (χ1n) is 5.69. The molecular weight excluding hydrogens is 282 g/mol. The molecule has 0 saturated heterocycles. The maximum atomic E-state index is 12.2. The second-order valence-electron chi connectivity index (χ2n) is 4.24. The molecule has 0 aliphatic carbocycles. The lowest BCUT2D eigenvalue weighted by Gasteiger charge is -2.09. The van der Waals surface area contributed by atoms with Crippen LogP contribution in [-0.4, -0.2) is 13.4 Å². The van der Waals surface area contributed by atoms with E-state index in [2.05, 4.69) is 9.71 Å². The van der Waals surface area contributed by atoms with Crippen molar-refractivity contribution < 1.29 is 8.42 Å². The summed E-state index contributed by atoms with van der Waals surface area (Å²) in [5.41, 5.74) is 6.53. The molecule has 3 N–H and O–H groups in total. The van der Waals surface area contributed by atoms with Crippen molar-refractivity contribution in [1.82, 2.24) is 4.98 Å². The van der Waals surface area contributed by atoms with Gasteiger partial charge in [0.05, 0.1) is 4.90 Å².